The highest BCUT2D eigenvalue weighted by atomic mass is 35.5. The molecule has 1 aliphatic heterocycles. The summed E-state index contributed by atoms with van der Waals surface area (Å²) in [6.07, 6.45) is 2.18. The molecule has 0 bridgehead atoms. The summed E-state index contributed by atoms with van der Waals surface area (Å²) < 4.78 is 25.4. The fourth-order valence-corrected chi connectivity index (χ4v) is 4.61. The van der Waals surface area contributed by atoms with Crippen LogP contribution in [-0.4, -0.2) is 19.0 Å². The third kappa shape index (κ3) is 3.63. The Labute approximate surface area is 172 Å². The van der Waals surface area contributed by atoms with Gasteiger partial charge in [-0.05, 0) is 29.8 Å². The first-order valence-corrected chi connectivity index (χ1v) is 9.93. The maximum absolute atomic E-state index is 12.3. The van der Waals surface area contributed by atoms with Crippen molar-refractivity contribution in [1.82, 2.24) is 14.8 Å². The molecule has 0 spiro atoms. The van der Waals surface area contributed by atoms with E-state index in [4.69, 9.17) is 43.2 Å². The molecule has 6 nitrogen and oxygen atoms in total. The van der Waals surface area contributed by atoms with Crippen LogP contribution in [0, 0.1) is 0 Å². The highest BCUT2D eigenvalue weighted by Crippen LogP contribution is 2.50. The van der Waals surface area contributed by atoms with E-state index in [1.807, 2.05) is 0 Å². The van der Waals surface area contributed by atoms with Gasteiger partial charge in [0, 0.05) is 20.6 Å². The molecule has 0 saturated carbocycles. The molecule has 0 aliphatic carbocycles. The molecule has 1 fully saturated rings. The highest BCUT2D eigenvalue weighted by Gasteiger charge is 2.53. The van der Waals surface area contributed by atoms with Crippen LogP contribution >= 0.6 is 34.8 Å². The van der Waals surface area contributed by atoms with Crippen molar-refractivity contribution in [2.75, 3.05) is 0 Å². The largest absolute Gasteiger partial charge is 0.306 e. The van der Waals surface area contributed by atoms with Gasteiger partial charge in [-0.1, -0.05) is 53.0 Å². The van der Waals surface area contributed by atoms with E-state index in [2.05, 4.69) is 10.1 Å². The summed E-state index contributed by atoms with van der Waals surface area (Å²) in [4.78, 5) is 3.96. The van der Waals surface area contributed by atoms with Crippen LogP contribution < -0.4 is 0 Å². The van der Waals surface area contributed by atoms with E-state index in [1.165, 1.54) is 6.33 Å². The molecule has 3 atom stereocenters. The van der Waals surface area contributed by atoms with Crippen LogP contribution in [0.25, 0.3) is 0 Å². The average Bonchev–Trinajstić information content (AvgIpc) is 3.24. The molecule has 0 N–H and O–H groups in total. The van der Waals surface area contributed by atoms with E-state index in [-0.39, 0.29) is 6.54 Å². The number of nitrogens with zero attached hydrogens (tertiary/aromatic N) is 3. The molecule has 10 heteroatoms. The lowest BCUT2D eigenvalue weighted by Crippen LogP contribution is -2.37. The van der Waals surface area contributed by atoms with E-state index in [0.717, 1.165) is 0 Å². The number of benzene rings is 2. The lowest BCUT2D eigenvalue weighted by molar-refractivity contribution is 0.0124. The summed E-state index contributed by atoms with van der Waals surface area (Å²) in [5.74, 6) is 0. The first-order chi connectivity index (χ1) is 13.0. The molecule has 2 heterocycles. The fraction of sp³-hybridized carbons (Fsp3) is 0.176. The number of rotatable bonds is 4. The van der Waals surface area contributed by atoms with Crippen molar-refractivity contribution in [3.63, 3.8) is 0 Å². The molecule has 1 aromatic heterocycles. The molecule has 1 unspecified atom stereocenters. The third-order valence-corrected chi connectivity index (χ3v) is 5.85. The summed E-state index contributed by atoms with van der Waals surface area (Å²) in [5, 5.41) is 5.58. The van der Waals surface area contributed by atoms with Crippen LogP contribution in [0.1, 0.15) is 17.2 Å². The topological polar surface area (TPSA) is 66.2 Å². The molecule has 0 amide bonds. The van der Waals surface area contributed by atoms with Gasteiger partial charge in [-0.15, -0.1) is 0 Å². The van der Waals surface area contributed by atoms with Gasteiger partial charge < -0.3 is 0 Å². The van der Waals surface area contributed by atoms with Crippen LogP contribution in [0.3, 0.4) is 0 Å². The quantitative estimate of drug-likeness (QED) is 0.593. The first-order valence-electron chi connectivity index (χ1n) is 7.80. The van der Waals surface area contributed by atoms with Crippen molar-refractivity contribution in [2.45, 2.75) is 18.2 Å². The molecule has 140 valence electrons. The SMILES string of the molecule is O=S1O[C@H](c2ccc(Cl)cc2Cl)[C@](Cn2cncn2)(c2ccc(Cl)cc2)O1. The van der Waals surface area contributed by atoms with E-state index in [9.17, 15) is 4.21 Å². The highest BCUT2D eigenvalue weighted by molar-refractivity contribution is 7.75. The van der Waals surface area contributed by atoms with Gasteiger partial charge in [-0.2, -0.15) is 9.31 Å². The lowest BCUT2D eigenvalue weighted by Gasteiger charge is -2.32. The third-order valence-electron chi connectivity index (χ3n) is 4.26. The molecule has 1 aliphatic rings. The zero-order chi connectivity index (χ0) is 19.0. The van der Waals surface area contributed by atoms with Gasteiger partial charge in [0.1, 0.15) is 18.8 Å². The molecule has 0 radical (unpaired) electrons. The second-order valence-corrected chi connectivity index (χ2v) is 7.97. The molecule has 3 aromatic rings. The predicted molar refractivity (Wildman–Crippen MR) is 103 cm³/mol. The summed E-state index contributed by atoms with van der Waals surface area (Å²) >= 11 is 16.5. The minimum absolute atomic E-state index is 0.198. The van der Waals surface area contributed by atoms with Gasteiger partial charge in [-0.25, -0.2) is 9.67 Å². The maximum atomic E-state index is 12.3. The predicted octanol–water partition coefficient (Wildman–Crippen LogP) is 4.50. The van der Waals surface area contributed by atoms with E-state index in [0.29, 0.717) is 26.2 Å². The monoisotopic (exact) mass is 443 g/mol. The van der Waals surface area contributed by atoms with Crippen LogP contribution in [0.4, 0.5) is 0 Å². The maximum Gasteiger partial charge on any atom is 0.306 e. The molecule has 27 heavy (non-hydrogen) atoms. The number of hydrogen-bond acceptors (Lipinski definition) is 5. The Hall–Kier alpha value is -1.48. The zero-order valence-electron chi connectivity index (χ0n) is 13.6. The van der Waals surface area contributed by atoms with Gasteiger partial charge in [0.2, 0.25) is 0 Å². The summed E-state index contributed by atoms with van der Waals surface area (Å²) in [6.45, 7) is 0.198. The molecular formula is C17H12Cl3N3O3S. The van der Waals surface area contributed by atoms with Crippen molar-refractivity contribution in [1.29, 1.82) is 0 Å². The molecule has 2 aromatic carbocycles. The lowest BCUT2D eigenvalue weighted by atomic mass is 9.84. The van der Waals surface area contributed by atoms with E-state index in [1.54, 1.807) is 53.5 Å². The summed E-state index contributed by atoms with van der Waals surface area (Å²) in [5.41, 5.74) is 0.145. The number of aromatic nitrogens is 3. The van der Waals surface area contributed by atoms with Crippen molar-refractivity contribution in [3.05, 3.63) is 81.3 Å². The van der Waals surface area contributed by atoms with Gasteiger partial charge in [-0.3, -0.25) is 8.37 Å². The first kappa shape index (κ1) is 18.9. The molecular weight excluding hydrogens is 433 g/mol. The Balaban J connectivity index is 1.88. The Morgan fingerprint density at radius 2 is 1.85 bits per heavy atom. The average molecular weight is 445 g/mol. The van der Waals surface area contributed by atoms with Crippen molar-refractivity contribution >= 4 is 46.2 Å². The number of halogens is 3. The normalized spacial score (nSPS) is 25.0. The van der Waals surface area contributed by atoms with E-state index < -0.39 is 23.1 Å². The van der Waals surface area contributed by atoms with Crippen molar-refractivity contribution < 1.29 is 12.6 Å². The minimum Gasteiger partial charge on any atom is -0.257 e. The molecule has 1 saturated heterocycles. The van der Waals surface area contributed by atoms with Crippen LogP contribution in [0.15, 0.2) is 55.1 Å². The van der Waals surface area contributed by atoms with Crippen molar-refractivity contribution in [3.8, 4) is 0 Å². The van der Waals surface area contributed by atoms with Gasteiger partial charge >= 0.3 is 11.4 Å². The van der Waals surface area contributed by atoms with Gasteiger partial charge in [0.05, 0.1) is 6.54 Å². The Morgan fingerprint density at radius 3 is 2.52 bits per heavy atom. The van der Waals surface area contributed by atoms with Crippen molar-refractivity contribution in [2.24, 2.45) is 0 Å². The van der Waals surface area contributed by atoms with Crippen LogP contribution in [0.5, 0.6) is 0 Å². The second kappa shape index (κ2) is 7.50. The van der Waals surface area contributed by atoms with Gasteiger partial charge in [0.25, 0.3) is 0 Å². The molecule has 4 rings (SSSR count). The Kier molecular flexibility index (Phi) is 5.24. The Morgan fingerprint density at radius 1 is 1.11 bits per heavy atom. The van der Waals surface area contributed by atoms with Crippen LogP contribution in [0.2, 0.25) is 15.1 Å². The van der Waals surface area contributed by atoms with E-state index >= 15 is 0 Å². The van der Waals surface area contributed by atoms with Crippen LogP contribution in [-0.2, 0) is 31.9 Å². The Bertz CT molecular complexity index is 985. The minimum atomic E-state index is -1.99. The fourth-order valence-electron chi connectivity index (χ4n) is 3.05. The summed E-state index contributed by atoms with van der Waals surface area (Å²) in [7, 11) is 0. The standard InChI is InChI=1S/C17H12Cl3N3O3S/c18-12-3-1-11(2-4-12)17(8-23-10-21-9-22-23)16(25-27(24)26-17)14-6-5-13(19)7-15(14)20/h1-7,9-10,16H,8H2/t16-,17+,27?/m1/s1. The smallest absolute Gasteiger partial charge is 0.257 e. The summed E-state index contributed by atoms with van der Waals surface area (Å²) in [6, 6.07) is 12.1. The van der Waals surface area contributed by atoms with Gasteiger partial charge in [0.15, 0.2) is 5.60 Å². The number of hydrogen-bond donors (Lipinski definition) is 0. The second-order valence-electron chi connectivity index (χ2n) is 5.92. The zero-order valence-corrected chi connectivity index (χ0v) is 16.7.